The summed E-state index contributed by atoms with van der Waals surface area (Å²) in [6.45, 7) is 2.47. The maximum absolute atomic E-state index is 11.8. The second-order valence-corrected chi connectivity index (χ2v) is 5.93. The number of rotatable bonds is 4. The summed E-state index contributed by atoms with van der Waals surface area (Å²) in [6, 6.07) is 0. The smallest absolute Gasteiger partial charge is 0.306 e. The van der Waals surface area contributed by atoms with E-state index < -0.39 is 16.0 Å². The SMILES string of the molecule is COC(=O)CCS(=O)(=O)N1CCN(C)CC1. The number of methoxy groups -OCH3 is 1. The zero-order valence-corrected chi connectivity index (χ0v) is 10.5. The van der Waals surface area contributed by atoms with Crippen molar-refractivity contribution >= 4 is 16.0 Å². The molecule has 0 aromatic rings. The second kappa shape index (κ2) is 5.60. The van der Waals surface area contributed by atoms with E-state index in [-0.39, 0.29) is 12.2 Å². The lowest BCUT2D eigenvalue weighted by Gasteiger charge is -2.31. The summed E-state index contributed by atoms with van der Waals surface area (Å²) < 4.78 is 29.5. The molecule has 0 spiro atoms. The molecule has 1 fully saturated rings. The van der Waals surface area contributed by atoms with Crippen molar-refractivity contribution in [2.45, 2.75) is 6.42 Å². The average molecular weight is 250 g/mol. The van der Waals surface area contributed by atoms with Crippen molar-refractivity contribution in [2.75, 3.05) is 46.1 Å². The maximum Gasteiger partial charge on any atom is 0.306 e. The molecule has 1 heterocycles. The van der Waals surface area contributed by atoms with Crippen LogP contribution in [0.2, 0.25) is 0 Å². The molecular weight excluding hydrogens is 232 g/mol. The van der Waals surface area contributed by atoms with Crippen LogP contribution in [0.25, 0.3) is 0 Å². The van der Waals surface area contributed by atoms with Crippen molar-refractivity contribution in [1.29, 1.82) is 0 Å². The van der Waals surface area contributed by atoms with Crippen LogP contribution in [0.1, 0.15) is 6.42 Å². The fourth-order valence-corrected chi connectivity index (χ4v) is 2.91. The van der Waals surface area contributed by atoms with E-state index in [1.165, 1.54) is 11.4 Å². The molecule has 0 radical (unpaired) electrons. The molecule has 0 aliphatic carbocycles. The van der Waals surface area contributed by atoms with Crippen molar-refractivity contribution in [3.8, 4) is 0 Å². The maximum atomic E-state index is 11.8. The van der Waals surface area contributed by atoms with E-state index in [0.717, 1.165) is 13.1 Å². The summed E-state index contributed by atoms with van der Waals surface area (Å²) in [6.07, 6.45) is -0.0782. The highest BCUT2D eigenvalue weighted by Crippen LogP contribution is 2.08. The molecule has 0 amide bonds. The summed E-state index contributed by atoms with van der Waals surface area (Å²) in [4.78, 5) is 13.0. The zero-order chi connectivity index (χ0) is 12.2. The van der Waals surface area contributed by atoms with Gasteiger partial charge in [-0.15, -0.1) is 0 Å². The fourth-order valence-electron chi connectivity index (χ4n) is 1.51. The Balaban J connectivity index is 2.47. The van der Waals surface area contributed by atoms with Gasteiger partial charge >= 0.3 is 5.97 Å². The van der Waals surface area contributed by atoms with Gasteiger partial charge in [-0.2, -0.15) is 4.31 Å². The monoisotopic (exact) mass is 250 g/mol. The summed E-state index contributed by atoms with van der Waals surface area (Å²) in [7, 11) is -0.0946. The largest absolute Gasteiger partial charge is 0.469 e. The van der Waals surface area contributed by atoms with E-state index in [0.29, 0.717) is 13.1 Å². The Morgan fingerprint density at radius 2 is 1.81 bits per heavy atom. The highest BCUT2D eigenvalue weighted by Gasteiger charge is 2.26. The number of piperazine rings is 1. The van der Waals surface area contributed by atoms with Gasteiger partial charge in [-0.3, -0.25) is 4.79 Å². The number of sulfonamides is 1. The Morgan fingerprint density at radius 1 is 1.25 bits per heavy atom. The fraction of sp³-hybridized carbons (Fsp3) is 0.889. The summed E-state index contributed by atoms with van der Waals surface area (Å²) in [5.41, 5.74) is 0. The molecule has 1 rings (SSSR count). The standard InChI is InChI=1S/C9H18N2O4S/c1-10-4-6-11(7-5-10)16(13,14)8-3-9(12)15-2/h3-8H2,1-2H3. The third kappa shape index (κ3) is 3.73. The molecule has 0 saturated carbocycles. The van der Waals surface area contributed by atoms with Crippen LogP contribution in [-0.4, -0.2) is 69.7 Å². The van der Waals surface area contributed by atoms with Gasteiger partial charge < -0.3 is 9.64 Å². The van der Waals surface area contributed by atoms with Crippen LogP contribution in [0.5, 0.6) is 0 Å². The van der Waals surface area contributed by atoms with E-state index in [9.17, 15) is 13.2 Å². The van der Waals surface area contributed by atoms with Gasteiger partial charge in [0.15, 0.2) is 0 Å². The molecule has 0 atom stereocenters. The van der Waals surface area contributed by atoms with Crippen molar-refractivity contribution < 1.29 is 17.9 Å². The van der Waals surface area contributed by atoms with Gasteiger partial charge in [0.05, 0.1) is 19.3 Å². The van der Waals surface area contributed by atoms with E-state index in [2.05, 4.69) is 9.64 Å². The molecule has 16 heavy (non-hydrogen) atoms. The minimum Gasteiger partial charge on any atom is -0.469 e. The number of nitrogens with zero attached hydrogens (tertiary/aromatic N) is 2. The zero-order valence-electron chi connectivity index (χ0n) is 9.68. The summed E-state index contributed by atoms with van der Waals surface area (Å²) in [5.74, 6) is -0.652. The molecule has 94 valence electrons. The molecule has 0 unspecified atom stereocenters. The van der Waals surface area contributed by atoms with E-state index in [1.807, 2.05) is 7.05 Å². The first-order valence-corrected chi connectivity index (χ1v) is 6.80. The van der Waals surface area contributed by atoms with Gasteiger partial charge in [-0.25, -0.2) is 8.42 Å². The lowest BCUT2D eigenvalue weighted by molar-refractivity contribution is -0.140. The number of esters is 1. The molecule has 1 aliphatic rings. The third-order valence-corrected chi connectivity index (χ3v) is 4.52. The minimum absolute atomic E-state index is 0.0782. The third-order valence-electron chi connectivity index (χ3n) is 2.65. The highest BCUT2D eigenvalue weighted by molar-refractivity contribution is 7.89. The van der Waals surface area contributed by atoms with Crippen molar-refractivity contribution in [2.24, 2.45) is 0 Å². The van der Waals surface area contributed by atoms with Crippen LogP contribution < -0.4 is 0 Å². The number of hydrogen-bond donors (Lipinski definition) is 0. The normalized spacial score (nSPS) is 19.6. The van der Waals surface area contributed by atoms with Crippen LogP contribution >= 0.6 is 0 Å². The molecule has 0 aromatic carbocycles. The molecule has 0 N–H and O–H groups in total. The van der Waals surface area contributed by atoms with E-state index in [4.69, 9.17) is 0 Å². The average Bonchev–Trinajstić information content (AvgIpc) is 2.26. The Kier molecular flexibility index (Phi) is 4.69. The van der Waals surface area contributed by atoms with Gasteiger partial charge in [0.25, 0.3) is 0 Å². The molecular formula is C9H18N2O4S. The number of likely N-dealkylation sites (N-methyl/N-ethyl adjacent to an activating group) is 1. The Hall–Kier alpha value is -0.660. The topological polar surface area (TPSA) is 66.9 Å². The van der Waals surface area contributed by atoms with Crippen molar-refractivity contribution in [1.82, 2.24) is 9.21 Å². The van der Waals surface area contributed by atoms with Gasteiger partial charge in [-0.1, -0.05) is 0 Å². The van der Waals surface area contributed by atoms with Gasteiger partial charge in [-0.05, 0) is 7.05 Å². The molecule has 1 saturated heterocycles. The van der Waals surface area contributed by atoms with Crippen LogP contribution in [0, 0.1) is 0 Å². The first-order valence-electron chi connectivity index (χ1n) is 5.19. The van der Waals surface area contributed by atoms with Crippen molar-refractivity contribution in [3.05, 3.63) is 0 Å². The number of ether oxygens (including phenoxy) is 1. The quantitative estimate of drug-likeness (QED) is 0.607. The molecule has 0 aromatic heterocycles. The van der Waals surface area contributed by atoms with E-state index in [1.54, 1.807) is 0 Å². The molecule has 1 aliphatic heterocycles. The van der Waals surface area contributed by atoms with Crippen LogP contribution in [-0.2, 0) is 19.6 Å². The Bertz CT molecular complexity index is 333. The summed E-state index contributed by atoms with van der Waals surface area (Å²) in [5, 5.41) is 0. The van der Waals surface area contributed by atoms with Crippen molar-refractivity contribution in [3.63, 3.8) is 0 Å². The predicted octanol–water partition coefficient (Wildman–Crippen LogP) is -0.873. The Labute approximate surface area is 96.2 Å². The van der Waals surface area contributed by atoms with E-state index >= 15 is 0 Å². The first-order chi connectivity index (χ1) is 7.45. The van der Waals surface area contributed by atoms with Crippen LogP contribution in [0.15, 0.2) is 0 Å². The number of carbonyl (C=O) groups is 1. The lowest BCUT2D eigenvalue weighted by atomic mass is 10.4. The van der Waals surface area contributed by atoms with Crippen LogP contribution in [0.3, 0.4) is 0 Å². The first kappa shape index (κ1) is 13.4. The number of hydrogen-bond acceptors (Lipinski definition) is 5. The van der Waals surface area contributed by atoms with Gasteiger partial charge in [0, 0.05) is 26.2 Å². The lowest BCUT2D eigenvalue weighted by Crippen LogP contribution is -2.47. The molecule has 6 nitrogen and oxygen atoms in total. The van der Waals surface area contributed by atoms with Crippen LogP contribution in [0.4, 0.5) is 0 Å². The molecule has 7 heteroatoms. The highest BCUT2D eigenvalue weighted by atomic mass is 32.2. The Morgan fingerprint density at radius 3 is 2.31 bits per heavy atom. The molecule has 0 bridgehead atoms. The van der Waals surface area contributed by atoms with Gasteiger partial charge in [0.2, 0.25) is 10.0 Å². The minimum atomic E-state index is -3.31. The predicted molar refractivity (Wildman–Crippen MR) is 59.5 cm³/mol. The van der Waals surface area contributed by atoms with Gasteiger partial charge in [0.1, 0.15) is 0 Å². The number of carbonyl (C=O) groups excluding carboxylic acids is 1. The summed E-state index contributed by atoms with van der Waals surface area (Å²) >= 11 is 0. The second-order valence-electron chi connectivity index (χ2n) is 3.84.